The van der Waals surface area contributed by atoms with Gasteiger partial charge in [0.1, 0.15) is 0 Å². The van der Waals surface area contributed by atoms with Crippen LogP contribution in [0.1, 0.15) is 83.6 Å². The molecule has 2 heterocycles. The summed E-state index contributed by atoms with van der Waals surface area (Å²) in [5.74, 6) is 0. The highest BCUT2D eigenvalue weighted by atomic mass is 15.2. The first-order valence-corrected chi connectivity index (χ1v) is 27.7. The Balaban J connectivity index is 1.20. The highest BCUT2D eigenvalue weighted by molar-refractivity contribution is 7.00. The van der Waals surface area contributed by atoms with Crippen molar-refractivity contribution in [3.05, 3.63) is 253 Å². The lowest BCUT2D eigenvalue weighted by atomic mass is 9.33. The SMILES string of the molecule is Cc1cc(-c2ccccc2)ccc1N1c2cc3c(cc2B2c4ccc(-c5ccccc5)cc4N(c4ccc(C(C)(C)C)cc4-c4ccccc4)c4cc(N(c5ccccc5)c5ccccc5)cc1c42)C(C)(C)CCC3(C)C. The smallest absolute Gasteiger partial charge is 0.252 e. The topological polar surface area (TPSA) is 9.72 Å². The molecule has 2 aliphatic heterocycles. The molecule has 0 saturated heterocycles. The number of fused-ring (bicyclic) bond motifs is 5. The fraction of sp³-hybridized carbons (Fsp3) is 0.178. The van der Waals surface area contributed by atoms with Gasteiger partial charge in [-0.2, -0.15) is 0 Å². The van der Waals surface area contributed by atoms with Crippen molar-refractivity contribution in [3.8, 4) is 33.4 Å². The lowest BCUT2D eigenvalue weighted by Gasteiger charge is -2.48. The first-order valence-electron chi connectivity index (χ1n) is 27.7. The quantitative estimate of drug-likeness (QED) is 0.141. The van der Waals surface area contributed by atoms with E-state index in [0.29, 0.717) is 0 Å². The summed E-state index contributed by atoms with van der Waals surface area (Å²) in [6.45, 7) is 19.1. The number of hydrogen-bond acceptors (Lipinski definition) is 3. The van der Waals surface area contributed by atoms with Crippen LogP contribution in [-0.2, 0) is 16.2 Å². The third kappa shape index (κ3) is 8.28. The molecule has 0 bridgehead atoms. The molecule has 1 aliphatic carbocycles. The first kappa shape index (κ1) is 48.3. The molecule has 0 amide bonds. The van der Waals surface area contributed by atoms with Crippen LogP contribution in [0.3, 0.4) is 0 Å². The molecule has 0 unspecified atom stereocenters. The lowest BCUT2D eigenvalue weighted by Crippen LogP contribution is -2.62. The first-order chi connectivity index (χ1) is 37.2. The molecule has 0 fully saturated rings. The number of para-hydroxylation sites is 2. The largest absolute Gasteiger partial charge is 0.311 e. The van der Waals surface area contributed by atoms with Crippen LogP contribution in [0.2, 0.25) is 0 Å². The molecule has 0 saturated carbocycles. The second-order valence-corrected chi connectivity index (χ2v) is 24.1. The van der Waals surface area contributed by atoms with Crippen LogP contribution in [-0.4, -0.2) is 6.71 Å². The van der Waals surface area contributed by atoms with Crippen LogP contribution in [0.25, 0.3) is 33.4 Å². The molecule has 3 nitrogen and oxygen atoms in total. The number of aryl methyl sites for hydroxylation is 1. The van der Waals surface area contributed by atoms with Crippen LogP contribution in [0, 0.1) is 6.92 Å². The van der Waals surface area contributed by atoms with E-state index in [4.69, 9.17) is 0 Å². The summed E-state index contributed by atoms with van der Waals surface area (Å²) in [6.07, 6.45) is 2.27. The molecule has 0 aromatic heterocycles. The van der Waals surface area contributed by atoms with E-state index in [0.717, 1.165) is 35.6 Å². The van der Waals surface area contributed by atoms with Gasteiger partial charge in [-0.3, -0.25) is 0 Å². The van der Waals surface area contributed by atoms with E-state index in [-0.39, 0.29) is 23.0 Å². The van der Waals surface area contributed by atoms with Crippen LogP contribution in [0.5, 0.6) is 0 Å². The summed E-state index contributed by atoms with van der Waals surface area (Å²) in [4.78, 5) is 7.76. The average molecular weight is 996 g/mol. The van der Waals surface area contributed by atoms with Gasteiger partial charge in [0, 0.05) is 45.4 Å². The molecule has 376 valence electrons. The van der Waals surface area contributed by atoms with Crippen molar-refractivity contribution in [2.45, 2.75) is 84.5 Å². The van der Waals surface area contributed by atoms with E-state index in [1.807, 2.05) is 0 Å². The van der Waals surface area contributed by atoms with E-state index < -0.39 is 0 Å². The maximum absolute atomic E-state index is 2.66. The molecular weight excluding hydrogens is 930 g/mol. The van der Waals surface area contributed by atoms with Gasteiger partial charge in [-0.15, -0.1) is 0 Å². The van der Waals surface area contributed by atoms with Gasteiger partial charge in [0.15, 0.2) is 0 Å². The molecule has 10 aromatic carbocycles. The van der Waals surface area contributed by atoms with Gasteiger partial charge < -0.3 is 14.7 Å². The molecule has 0 atom stereocenters. The Hall–Kier alpha value is -8.34. The summed E-state index contributed by atoms with van der Waals surface area (Å²) in [5.41, 5.74) is 26.9. The fourth-order valence-electron chi connectivity index (χ4n) is 12.9. The van der Waals surface area contributed by atoms with Gasteiger partial charge in [0.05, 0.1) is 11.4 Å². The monoisotopic (exact) mass is 996 g/mol. The number of anilines is 9. The van der Waals surface area contributed by atoms with Crippen molar-refractivity contribution in [1.82, 2.24) is 0 Å². The van der Waals surface area contributed by atoms with Crippen molar-refractivity contribution in [2.24, 2.45) is 0 Å². The summed E-state index contributed by atoms with van der Waals surface area (Å²) in [5, 5.41) is 0. The molecular formula is C73H66BN3. The zero-order valence-electron chi connectivity index (χ0n) is 45.8. The van der Waals surface area contributed by atoms with Gasteiger partial charge in [0.25, 0.3) is 6.71 Å². The van der Waals surface area contributed by atoms with Gasteiger partial charge in [-0.25, -0.2) is 0 Å². The third-order valence-electron chi connectivity index (χ3n) is 17.2. The second-order valence-electron chi connectivity index (χ2n) is 24.1. The number of hydrogen-bond donors (Lipinski definition) is 0. The van der Waals surface area contributed by atoms with E-state index in [1.54, 1.807) is 0 Å². The van der Waals surface area contributed by atoms with Crippen LogP contribution in [0.15, 0.2) is 231 Å². The predicted octanol–water partition coefficient (Wildman–Crippen LogP) is 18.2. The van der Waals surface area contributed by atoms with Crippen molar-refractivity contribution < 1.29 is 0 Å². The Morgan fingerprint density at radius 1 is 0.390 bits per heavy atom. The van der Waals surface area contributed by atoms with Gasteiger partial charge in [0.2, 0.25) is 0 Å². The minimum atomic E-state index is -0.0812. The highest BCUT2D eigenvalue weighted by Gasteiger charge is 2.47. The predicted molar refractivity (Wildman–Crippen MR) is 330 cm³/mol. The van der Waals surface area contributed by atoms with Crippen LogP contribution < -0.4 is 31.1 Å². The Morgan fingerprint density at radius 2 is 0.857 bits per heavy atom. The molecule has 0 spiro atoms. The summed E-state index contributed by atoms with van der Waals surface area (Å²) in [7, 11) is 0. The van der Waals surface area contributed by atoms with E-state index in [9.17, 15) is 0 Å². The minimum Gasteiger partial charge on any atom is -0.311 e. The molecule has 0 radical (unpaired) electrons. The highest BCUT2D eigenvalue weighted by Crippen LogP contribution is 2.54. The average Bonchev–Trinajstić information content (AvgIpc) is 3.62. The molecule has 10 aromatic rings. The fourth-order valence-corrected chi connectivity index (χ4v) is 12.9. The van der Waals surface area contributed by atoms with E-state index in [1.165, 1.54) is 100 Å². The third-order valence-corrected chi connectivity index (χ3v) is 17.2. The van der Waals surface area contributed by atoms with Crippen molar-refractivity contribution in [3.63, 3.8) is 0 Å². The Bertz CT molecular complexity index is 3820. The zero-order valence-corrected chi connectivity index (χ0v) is 45.8. The molecule has 3 aliphatic rings. The van der Waals surface area contributed by atoms with E-state index >= 15 is 0 Å². The van der Waals surface area contributed by atoms with Crippen molar-refractivity contribution in [2.75, 3.05) is 14.7 Å². The summed E-state index contributed by atoms with van der Waals surface area (Å²) < 4.78 is 0. The van der Waals surface area contributed by atoms with Gasteiger partial charge >= 0.3 is 0 Å². The molecule has 4 heteroatoms. The molecule has 0 N–H and O–H groups in total. The van der Waals surface area contributed by atoms with Gasteiger partial charge in [-0.05, 0) is 175 Å². The van der Waals surface area contributed by atoms with Crippen molar-refractivity contribution >= 4 is 74.3 Å². The van der Waals surface area contributed by atoms with E-state index in [2.05, 4.69) is 301 Å². The number of benzene rings is 10. The van der Waals surface area contributed by atoms with Crippen molar-refractivity contribution in [1.29, 1.82) is 0 Å². The standard InChI is InChI=1S/C73H66BN3/c1-49-42-53(50-24-14-9-15-25-50)35-38-64(49)76-67-48-61-60(72(5,6)40-41-73(61,7)8)47-63(67)74-62-37-34-54(51-26-16-10-17-27-51)43-66(62)77(65-39-36-55(71(2,3)4)44-59(65)52-28-18-11-19-29-52)69-46-58(45-68(76)70(69)74)75(56-30-20-12-21-31-56)57-32-22-13-23-33-57/h9-39,42-48H,40-41H2,1-8H3. The summed E-state index contributed by atoms with van der Waals surface area (Å²) >= 11 is 0. The molecule has 77 heavy (non-hydrogen) atoms. The normalized spacial score (nSPS) is 14.8. The molecule has 13 rings (SSSR count). The van der Waals surface area contributed by atoms with Crippen LogP contribution in [0.4, 0.5) is 51.2 Å². The second kappa shape index (κ2) is 18.5. The maximum atomic E-state index is 2.66. The Labute approximate surface area is 457 Å². The Kier molecular flexibility index (Phi) is 11.6. The minimum absolute atomic E-state index is 0.00310. The van der Waals surface area contributed by atoms with Crippen LogP contribution >= 0.6 is 0 Å². The maximum Gasteiger partial charge on any atom is 0.252 e. The zero-order chi connectivity index (χ0) is 52.8. The van der Waals surface area contributed by atoms with Gasteiger partial charge in [-0.1, -0.05) is 206 Å². The lowest BCUT2D eigenvalue weighted by molar-refractivity contribution is 0.332. The number of nitrogens with zero attached hydrogens (tertiary/aromatic N) is 3. The Morgan fingerprint density at radius 3 is 1.40 bits per heavy atom. The number of rotatable bonds is 8. The summed E-state index contributed by atoms with van der Waals surface area (Å²) in [6, 6.07) is 86.7.